The van der Waals surface area contributed by atoms with Gasteiger partial charge in [-0.3, -0.25) is 29.4 Å². The summed E-state index contributed by atoms with van der Waals surface area (Å²) in [6.07, 6.45) is 7.62. The van der Waals surface area contributed by atoms with E-state index in [1.807, 2.05) is 59.5 Å². The zero-order valence-electron chi connectivity index (χ0n) is 37.2. The van der Waals surface area contributed by atoms with Gasteiger partial charge in [0.25, 0.3) is 5.91 Å². The summed E-state index contributed by atoms with van der Waals surface area (Å²) in [7, 11) is -0.907. The average molecular weight is 943 g/mol. The van der Waals surface area contributed by atoms with Crippen LogP contribution in [-0.2, 0) is 25.5 Å². The number of piperidine rings is 2. The van der Waals surface area contributed by atoms with Gasteiger partial charge in [-0.2, -0.15) is 4.98 Å². The van der Waals surface area contributed by atoms with Crippen LogP contribution in [0, 0.1) is 0 Å². The largest absolute Gasteiger partial charge is 0.494 e. The Balaban J connectivity index is 0.735. The van der Waals surface area contributed by atoms with Gasteiger partial charge in [0.05, 0.1) is 24.7 Å². The fourth-order valence-corrected chi connectivity index (χ4v) is 11.4. The molecule has 4 aliphatic heterocycles. The zero-order chi connectivity index (χ0) is 45.7. The number of aromatic nitrogens is 2. The molecule has 3 aromatic carbocycles. The molecule has 65 heavy (non-hydrogen) atoms. The van der Waals surface area contributed by atoms with E-state index < -0.39 is 19.1 Å². The predicted molar refractivity (Wildman–Crippen MR) is 257 cm³/mol. The molecule has 4 aromatic rings. The van der Waals surface area contributed by atoms with E-state index in [-0.39, 0.29) is 24.1 Å². The lowest BCUT2D eigenvalue weighted by atomic mass is 10.0. The summed E-state index contributed by atoms with van der Waals surface area (Å²) < 4.78 is 18.7. The first-order valence-electron chi connectivity index (χ1n) is 22.4. The van der Waals surface area contributed by atoms with Gasteiger partial charge in [0.15, 0.2) is 5.82 Å². The summed E-state index contributed by atoms with van der Waals surface area (Å²) in [5.41, 5.74) is 4.03. The van der Waals surface area contributed by atoms with Crippen LogP contribution >= 0.6 is 30.5 Å². The molecule has 3 N–H and O–H groups in total. The Morgan fingerprint density at radius 2 is 1.71 bits per heavy atom. The van der Waals surface area contributed by atoms with Crippen molar-refractivity contribution in [2.45, 2.75) is 74.9 Å². The van der Waals surface area contributed by atoms with E-state index in [4.69, 9.17) is 16.3 Å². The molecule has 1 unspecified atom stereocenters. The van der Waals surface area contributed by atoms with Crippen molar-refractivity contribution < 1.29 is 28.5 Å². The van der Waals surface area contributed by atoms with Crippen molar-refractivity contribution in [2.24, 2.45) is 0 Å². The molecule has 344 valence electrons. The van der Waals surface area contributed by atoms with Crippen molar-refractivity contribution in [3.8, 4) is 5.75 Å². The Kier molecular flexibility index (Phi) is 14.7. The monoisotopic (exact) mass is 941 g/mol. The molecule has 0 saturated carbocycles. The van der Waals surface area contributed by atoms with Gasteiger partial charge < -0.3 is 34.6 Å². The lowest BCUT2D eigenvalue weighted by Crippen LogP contribution is -2.54. The van der Waals surface area contributed by atoms with Gasteiger partial charge in [0, 0.05) is 92.2 Å². The molecule has 5 heterocycles. The molecule has 0 spiro atoms. The second-order valence-electron chi connectivity index (χ2n) is 17.4. The molecular formula is C47H57ClN9O6PS. The third kappa shape index (κ3) is 11.1. The van der Waals surface area contributed by atoms with Crippen molar-refractivity contribution in [3.63, 3.8) is 0 Å². The Labute approximate surface area is 389 Å². The number of piperazine rings is 1. The first kappa shape index (κ1) is 46.4. The first-order valence-corrected chi connectivity index (χ1v) is 26.4. The molecule has 1 aromatic heterocycles. The maximum absolute atomic E-state index is 13.1. The van der Waals surface area contributed by atoms with E-state index in [0.29, 0.717) is 70.2 Å². The van der Waals surface area contributed by atoms with E-state index in [9.17, 15) is 23.7 Å². The van der Waals surface area contributed by atoms with Gasteiger partial charge in [0.2, 0.25) is 23.7 Å². The highest BCUT2D eigenvalue weighted by atomic mass is 35.5. The Bertz CT molecular complexity index is 2470. The van der Waals surface area contributed by atoms with Crippen LogP contribution in [0.4, 0.5) is 28.8 Å². The molecule has 0 radical (unpaired) electrons. The minimum atomic E-state index is -2.55. The van der Waals surface area contributed by atoms with Crippen LogP contribution in [0.5, 0.6) is 5.75 Å². The van der Waals surface area contributed by atoms with Crippen LogP contribution in [-0.4, -0.2) is 126 Å². The SMILES string of the molecule is COc1cc(N2CCC(N3CCN(C(=O)CCCCCSc4ccc5c(c4)CN(C4CCC(=O)NC4=O)C5=O)CC3)CC2)ccc1Nc1ncc(Cl)c(Nc2ccccc2P(C)(C)=O)n1. The Hall–Kier alpha value is -5.15. The third-order valence-corrected chi connectivity index (χ3v) is 15.6. The fraction of sp³-hybridized carbons (Fsp3) is 0.447. The highest BCUT2D eigenvalue weighted by molar-refractivity contribution is 7.99. The minimum Gasteiger partial charge on any atom is -0.494 e. The van der Waals surface area contributed by atoms with Gasteiger partial charge in [0.1, 0.15) is 24.0 Å². The summed E-state index contributed by atoms with van der Waals surface area (Å²) in [4.78, 5) is 68.8. The number of ether oxygens (including phenoxy) is 1. The van der Waals surface area contributed by atoms with E-state index >= 15 is 0 Å². The number of rotatable bonds is 16. The number of benzene rings is 3. The molecule has 0 aliphatic carbocycles. The number of hydrogen-bond acceptors (Lipinski definition) is 13. The number of fused-ring (bicyclic) bond motifs is 1. The molecule has 18 heteroatoms. The zero-order valence-corrected chi connectivity index (χ0v) is 39.7. The number of nitrogens with zero attached hydrogens (tertiary/aromatic N) is 6. The smallest absolute Gasteiger partial charge is 0.255 e. The molecular weight excluding hydrogens is 885 g/mol. The number of carbonyl (C=O) groups excluding carboxylic acids is 4. The van der Waals surface area contributed by atoms with Crippen molar-refractivity contribution in [3.05, 3.63) is 83.0 Å². The van der Waals surface area contributed by atoms with E-state index in [1.165, 1.54) is 6.20 Å². The second kappa shape index (κ2) is 20.6. The van der Waals surface area contributed by atoms with Crippen molar-refractivity contribution in [1.29, 1.82) is 0 Å². The summed E-state index contributed by atoms with van der Waals surface area (Å²) in [5, 5.41) is 9.93. The third-order valence-electron chi connectivity index (χ3n) is 12.7. The Morgan fingerprint density at radius 1 is 0.923 bits per heavy atom. The number of unbranched alkanes of at least 4 members (excludes halogenated alkanes) is 2. The van der Waals surface area contributed by atoms with Crippen LogP contribution in [0.25, 0.3) is 0 Å². The van der Waals surface area contributed by atoms with Gasteiger partial charge in [-0.15, -0.1) is 11.8 Å². The summed E-state index contributed by atoms with van der Waals surface area (Å²) in [6.45, 7) is 9.02. The van der Waals surface area contributed by atoms with Crippen LogP contribution in [0.15, 0.2) is 71.8 Å². The summed E-state index contributed by atoms with van der Waals surface area (Å²) in [6, 6.07) is 19.3. The Morgan fingerprint density at radius 3 is 2.46 bits per heavy atom. The molecule has 8 rings (SSSR count). The lowest BCUT2D eigenvalue weighted by Gasteiger charge is -2.43. The number of carbonyl (C=O) groups is 4. The number of hydrogen-bond donors (Lipinski definition) is 3. The number of amides is 4. The highest BCUT2D eigenvalue weighted by Crippen LogP contribution is 2.39. The topological polar surface area (TPSA) is 169 Å². The van der Waals surface area contributed by atoms with Gasteiger partial charge in [-0.25, -0.2) is 4.98 Å². The van der Waals surface area contributed by atoms with Crippen LogP contribution < -0.4 is 30.9 Å². The molecule has 1 atom stereocenters. The van der Waals surface area contributed by atoms with Crippen LogP contribution in [0.2, 0.25) is 5.02 Å². The number of para-hydroxylation sites is 1. The quantitative estimate of drug-likeness (QED) is 0.0451. The van der Waals surface area contributed by atoms with Crippen molar-refractivity contribution >= 4 is 88.3 Å². The number of thioether (sulfide) groups is 1. The van der Waals surface area contributed by atoms with E-state index in [0.717, 1.165) is 93.3 Å². The van der Waals surface area contributed by atoms with Crippen LogP contribution in [0.1, 0.15) is 67.3 Å². The maximum atomic E-state index is 13.1. The normalized spacial score (nSPS) is 18.4. The van der Waals surface area contributed by atoms with E-state index in [2.05, 4.69) is 41.8 Å². The van der Waals surface area contributed by atoms with Gasteiger partial charge in [-0.1, -0.05) is 30.2 Å². The molecule has 4 amide bonds. The molecule has 0 bridgehead atoms. The number of imide groups is 1. The lowest BCUT2D eigenvalue weighted by molar-refractivity contribution is -0.137. The average Bonchev–Trinajstić information content (AvgIpc) is 3.63. The van der Waals surface area contributed by atoms with Crippen molar-refractivity contribution in [2.75, 3.05) is 81.0 Å². The summed E-state index contributed by atoms with van der Waals surface area (Å²) >= 11 is 8.23. The minimum absolute atomic E-state index is 0.155. The number of halogens is 1. The number of nitrogens with one attached hydrogen (secondary N) is 3. The number of methoxy groups -OCH3 is 1. The molecule has 3 fully saturated rings. The van der Waals surface area contributed by atoms with Gasteiger partial charge in [-0.05, 0) is 99.2 Å². The first-order chi connectivity index (χ1) is 31.3. The standard InChI is InChI=1S/C47H57ClN9O6PS/c1-63-40-28-33(12-15-37(40)51-47-49-29-36(48)44(53-47)50-38-9-6-7-10-41(38)64(2,3)62)54-20-18-32(19-21-54)55-22-24-56(25-23-55)43(59)11-5-4-8-26-65-34-13-14-35-31(27-34)30-57(46(35)61)39-16-17-42(58)52-45(39)60/h6-7,9-10,12-15,27-29,32,39H,4-5,8,11,16-26,30H2,1-3H3,(H,52,58,60)(H2,49,50,51,53). The highest BCUT2D eigenvalue weighted by Gasteiger charge is 2.39. The van der Waals surface area contributed by atoms with Crippen molar-refractivity contribution in [1.82, 2.24) is 30.0 Å². The number of anilines is 5. The fourth-order valence-electron chi connectivity index (χ4n) is 9.16. The molecule has 4 aliphatic rings. The predicted octanol–water partition coefficient (Wildman–Crippen LogP) is 7.10. The second-order valence-corrected chi connectivity index (χ2v) is 22.2. The maximum Gasteiger partial charge on any atom is 0.255 e. The van der Waals surface area contributed by atoms with Crippen LogP contribution in [0.3, 0.4) is 0 Å². The van der Waals surface area contributed by atoms with E-state index in [1.54, 1.807) is 37.1 Å². The summed E-state index contributed by atoms with van der Waals surface area (Å²) in [5.74, 6) is 1.73. The molecule has 3 saturated heterocycles. The van der Waals surface area contributed by atoms with Gasteiger partial charge >= 0.3 is 0 Å². The molecule has 15 nitrogen and oxygen atoms in total.